The van der Waals surface area contributed by atoms with Crippen LogP contribution in [0.3, 0.4) is 0 Å². The lowest BCUT2D eigenvalue weighted by Gasteiger charge is -2.03. The molecule has 0 aliphatic rings. The number of oxazole rings is 1. The number of fused-ring (bicyclic) bond motifs is 1. The number of phenolic OH excluding ortho intramolecular Hbond substituents is 1. The maximum atomic E-state index is 10.2. The highest BCUT2D eigenvalue weighted by Crippen LogP contribution is 2.29. The van der Waals surface area contributed by atoms with Crippen molar-refractivity contribution in [2.45, 2.75) is 6.92 Å². The fourth-order valence-electron chi connectivity index (χ4n) is 2.71. The van der Waals surface area contributed by atoms with Crippen LogP contribution in [0.15, 0.2) is 64.0 Å². The van der Waals surface area contributed by atoms with Crippen LogP contribution in [0.2, 0.25) is 5.02 Å². The van der Waals surface area contributed by atoms with Gasteiger partial charge in [0.25, 0.3) is 0 Å². The van der Waals surface area contributed by atoms with E-state index in [2.05, 4.69) is 9.98 Å². The van der Waals surface area contributed by atoms with E-state index in [-0.39, 0.29) is 5.75 Å². The number of phenols is 1. The number of halogens is 2. The van der Waals surface area contributed by atoms with Crippen LogP contribution in [0.25, 0.3) is 22.6 Å². The Hall–Kier alpha value is -2.38. The predicted molar refractivity (Wildman–Crippen MR) is 117 cm³/mol. The van der Waals surface area contributed by atoms with Crippen molar-refractivity contribution in [3.05, 3.63) is 74.3 Å². The SMILES string of the molecule is Cc1ccc2oc(-c3cccc(N=Cc4cc(Cl)cc(I)c4O)c3)nc2c1. The first-order valence-corrected chi connectivity index (χ1v) is 9.65. The van der Waals surface area contributed by atoms with Crippen molar-refractivity contribution >= 4 is 57.2 Å². The van der Waals surface area contributed by atoms with Gasteiger partial charge >= 0.3 is 0 Å². The number of aryl methyl sites for hydroxylation is 1. The molecule has 4 nitrogen and oxygen atoms in total. The highest BCUT2D eigenvalue weighted by atomic mass is 127. The smallest absolute Gasteiger partial charge is 0.227 e. The molecule has 27 heavy (non-hydrogen) atoms. The topological polar surface area (TPSA) is 58.6 Å². The van der Waals surface area contributed by atoms with E-state index in [1.807, 2.05) is 72.0 Å². The van der Waals surface area contributed by atoms with Crippen LogP contribution in [-0.2, 0) is 0 Å². The summed E-state index contributed by atoms with van der Waals surface area (Å²) in [6.07, 6.45) is 1.60. The highest BCUT2D eigenvalue weighted by molar-refractivity contribution is 14.1. The largest absolute Gasteiger partial charge is 0.506 e. The molecule has 0 unspecified atom stereocenters. The molecule has 0 radical (unpaired) electrons. The summed E-state index contributed by atoms with van der Waals surface area (Å²) in [6, 6.07) is 16.9. The molecule has 0 fully saturated rings. The summed E-state index contributed by atoms with van der Waals surface area (Å²) in [5.41, 5.74) is 4.84. The highest BCUT2D eigenvalue weighted by Gasteiger charge is 2.09. The van der Waals surface area contributed by atoms with Crippen molar-refractivity contribution in [1.82, 2.24) is 4.98 Å². The van der Waals surface area contributed by atoms with Gasteiger partial charge in [0.2, 0.25) is 5.89 Å². The average molecular weight is 489 g/mol. The summed E-state index contributed by atoms with van der Waals surface area (Å²) >= 11 is 8.10. The first-order chi connectivity index (χ1) is 13.0. The summed E-state index contributed by atoms with van der Waals surface area (Å²) in [5.74, 6) is 0.710. The Labute approximate surface area is 174 Å². The monoisotopic (exact) mass is 488 g/mol. The van der Waals surface area contributed by atoms with Crippen molar-refractivity contribution in [2.24, 2.45) is 4.99 Å². The Morgan fingerprint density at radius 3 is 2.85 bits per heavy atom. The zero-order chi connectivity index (χ0) is 19.0. The number of rotatable bonds is 3. The minimum atomic E-state index is 0.161. The zero-order valence-corrected chi connectivity index (χ0v) is 17.2. The van der Waals surface area contributed by atoms with Crippen LogP contribution in [0.1, 0.15) is 11.1 Å². The first-order valence-electron chi connectivity index (χ1n) is 8.19. The molecular weight excluding hydrogens is 475 g/mol. The molecule has 0 bridgehead atoms. The van der Waals surface area contributed by atoms with Crippen LogP contribution in [0, 0.1) is 10.5 Å². The van der Waals surface area contributed by atoms with Gasteiger partial charge in [-0.1, -0.05) is 23.7 Å². The molecule has 1 heterocycles. The number of aliphatic imine (C=N–C) groups is 1. The zero-order valence-electron chi connectivity index (χ0n) is 14.3. The van der Waals surface area contributed by atoms with Crippen LogP contribution < -0.4 is 0 Å². The second-order valence-corrected chi connectivity index (χ2v) is 7.72. The number of hydrogen-bond donors (Lipinski definition) is 1. The van der Waals surface area contributed by atoms with Gasteiger partial charge in [0.05, 0.1) is 9.26 Å². The van der Waals surface area contributed by atoms with Gasteiger partial charge < -0.3 is 9.52 Å². The average Bonchev–Trinajstić information content (AvgIpc) is 3.07. The Bertz CT molecular complexity index is 1180. The van der Waals surface area contributed by atoms with Crippen LogP contribution >= 0.6 is 34.2 Å². The Balaban J connectivity index is 1.68. The summed E-state index contributed by atoms with van der Waals surface area (Å²) in [6.45, 7) is 2.02. The molecule has 0 aliphatic heterocycles. The van der Waals surface area contributed by atoms with Gasteiger partial charge in [-0.15, -0.1) is 0 Å². The van der Waals surface area contributed by atoms with Crippen LogP contribution in [0.4, 0.5) is 5.69 Å². The van der Waals surface area contributed by atoms with Crippen molar-refractivity contribution in [3.63, 3.8) is 0 Å². The minimum Gasteiger partial charge on any atom is -0.506 e. The quantitative estimate of drug-likeness (QED) is 0.264. The molecule has 0 saturated heterocycles. The van der Waals surface area contributed by atoms with E-state index in [4.69, 9.17) is 16.0 Å². The summed E-state index contributed by atoms with van der Waals surface area (Å²) in [5, 5.41) is 10.7. The standard InChI is InChI=1S/C21H14ClIN2O2/c1-12-5-6-19-18(7-12)25-21(27-19)13-3-2-4-16(9-13)24-11-14-8-15(22)10-17(23)20(14)26/h2-11,26H,1H3. The number of aromatic nitrogens is 1. The van der Waals surface area contributed by atoms with Gasteiger partial charge in [-0.2, -0.15) is 0 Å². The maximum absolute atomic E-state index is 10.2. The van der Waals surface area contributed by atoms with E-state index in [1.165, 1.54) is 0 Å². The van der Waals surface area contributed by atoms with Gasteiger partial charge in [-0.3, -0.25) is 4.99 Å². The molecule has 4 aromatic rings. The van der Waals surface area contributed by atoms with Gasteiger partial charge in [-0.25, -0.2) is 4.98 Å². The lowest BCUT2D eigenvalue weighted by Crippen LogP contribution is -1.86. The lowest BCUT2D eigenvalue weighted by molar-refractivity contribution is 0.470. The number of aromatic hydroxyl groups is 1. The first kappa shape index (κ1) is 18.0. The molecule has 0 atom stereocenters. The molecule has 0 aliphatic carbocycles. The third-order valence-electron chi connectivity index (χ3n) is 4.05. The Morgan fingerprint density at radius 1 is 1.15 bits per heavy atom. The Kier molecular flexibility index (Phi) is 4.88. The van der Waals surface area contributed by atoms with Gasteiger partial charge in [0, 0.05) is 22.4 Å². The van der Waals surface area contributed by atoms with Gasteiger partial charge in [0.1, 0.15) is 11.3 Å². The second-order valence-electron chi connectivity index (χ2n) is 6.12. The van der Waals surface area contributed by atoms with E-state index >= 15 is 0 Å². The fourth-order valence-corrected chi connectivity index (χ4v) is 3.77. The minimum absolute atomic E-state index is 0.161. The third-order valence-corrected chi connectivity index (χ3v) is 5.09. The summed E-state index contributed by atoms with van der Waals surface area (Å²) in [7, 11) is 0. The lowest BCUT2D eigenvalue weighted by atomic mass is 10.2. The van der Waals surface area contributed by atoms with Crippen molar-refractivity contribution in [1.29, 1.82) is 0 Å². The van der Waals surface area contributed by atoms with Crippen molar-refractivity contribution in [3.8, 4) is 17.2 Å². The van der Waals surface area contributed by atoms with Crippen molar-refractivity contribution in [2.75, 3.05) is 0 Å². The molecule has 1 aromatic heterocycles. The molecule has 134 valence electrons. The van der Waals surface area contributed by atoms with E-state index in [9.17, 15) is 5.11 Å². The third kappa shape index (κ3) is 3.84. The molecule has 0 saturated carbocycles. The van der Waals surface area contributed by atoms with Gasteiger partial charge in [-0.05, 0) is 77.5 Å². The molecule has 0 amide bonds. The number of benzene rings is 3. The van der Waals surface area contributed by atoms with Crippen LogP contribution in [-0.4, -0.2) is 16.3 Å². The normalized spacial score (nSPS) is 11.5. The van der Waals surface area contributed by atoms with Crippen LogP contribution in [0.5, 0.6) is 5.75 Å². The summed E-state index contributed by atoms with van der Waals surface area (Å²) in [4.78, 5) is 9.02. The van der Waals surface area contributed by atoms with Gasteiger partial charge in [0.15, 0.2) is 5.58 Å². The van der Waals surface area contributed by atoms with Crippen molar-refractivity contribution < 1.29 is 9.52 Å². The molecule has 6 heteroatoms. The Morgan fingerprint density at radius 2 is 2.00 bits per heavy atom. The predicted octanol–water partition coefficient (Wildman–Crippen LogP) is 6.52. The fraction of sp³-hybridized carbons (Fsp3) is 0.0476. The molecule has 1 N–H and O–H groups in total. The van der Waals surface area contributed by atoms with E-state index in [0.29, 0.717) is 20.0 Å². The molecule has 3 aromatic carbocycles. The molecular formula is C21H14ClIN2O2. The van der Waals surface area contributed by atoms with E-state index in [1.54, 1.807) is 18.3 Å². The number of nitrogens with zero attached hydrogens (tertiary/aromatic N) is 2. The summed E-state index contributed by atoms with van der Waals surface area (Å²) < 4.78 is 6.53. The molecule has 4 rings (SSSR count). The number of hydrogen-bond acceptors (Lipinski definition) is 4. The maximum Gasteiger partial charge on any atom is 0.227 e. The molecule has 0 spiro atoms. The van der Waals surface area contributed by atoms with E-state index < -0.39 is 0 Å². The second kappa shape index (κ2) is 7.32. The van der Waals surface area contributed by atoms with E-state index in [0.717, 1.165) is 27.9 Å².